The number of halogens is 1. The largest absolute Gasteiger partial charge is 0.343 e. The molecule has 4 nitrogen and oxygen atoms in total. The van der Waals surface area contributed by atoms with Crippen molar-refractivity contribution in [1.29, 1.82) is 0 Å². The van der Waals surface area contributed by atoms with Gasteiger partial charge in [-0.05, 0) is 55.0 Å². The van der Waals surface area contributed by atoms with E-state index >= 15 is 0 Å². The lowest BCUT2D eigenvalue weighted by Gasteiger charge is -2.11. The van der Waals surface area contributed by atoms with Gasteiger partial charge >= 0.3 is 0 Å². The van der Waals surface area contributed by atoms with Gasteiger partial charge in [0.2, 0.25) is 0 Å². The minimum atomic E-state index is -3.15. The number of sulfone groups is 1. The molecule has 0 fully saturated rings. The van der Waals surface area contributed by atoms with Crippen molar-refractivity contribution in [2.75, 3.05) is 6.26 Å². The van der Waals surface area contributed by atoms with E-state index in [1.165, 1.54) is 18.5 Å². The van der Waals surface area contributed by atoms with Crippen molar-refractivity contribution in [1.82, 2.24) is 9.97 Å². The van der Waals surface area contributed by atoms with Crippen LogP contribution in [-0.4, -0.2) is 24.6 Å². The van der Waals surface area contributed by atoms with Crippen molar-refractivity contribution in [3.63, 3.8) is 0 Å². The van der Waals surface area contributed by atoms with Crippen molar-refractivity contribution >= 4 is 20.9 Å². The minimum Gasteiger partial charge on any atom is -0.343 e. The van der Waals surface area contributed by atoms with Crippen LogP contribution in [0.15, 0.2) is 47.5 Å². The highest BCUT2D eigenvalue weighted by Crippen LogP contribution is 2.19. The Kier molecular flexibility index (Phi) is 4.90. The number of hydrogen-bond acceptors (Lipinski definition) is 3. The zero-order valence-electron chi connectivity index (χ0n) is 14.3. The summed E-state index contributed by atoms with van der Waals surface area (Å²) in [6, 6.07) is 10.5. The van der Waals surface area contributed by atoms with E-state index in [-0.39, 0.29) is 5.82 Å². The van der Waals surface area contributed by atoms with E-state index in [1.807, 2.05) is 18.2 Å². The van der Waals surface area contributed by atoms with Crippen LogP contribution in [0.4, 0.5) is 4.39 Å². The first-order chi connectivity index (χ1) is 11.8. The van der Waals surface area contributed by atoms with Gasteiger partial charge in [0.25, 0.3) is 0 Å². The average Bonchev–Trinajstić information content (AvgIpc) is 2.94. The zero-order valence-corrected chi connectivity index (χ0v) is 15.1. The molecule has 0 aliphatic carbocycles. The van der Waals surface area contributed by atoms with Crippen molar-refractivity contribution in [2.45, 2.75) is 31.1 Å². The van der Waals surface area contributed by atoms with Crippen molar-refractivity contribution in [2.24, 2.45) is 5.92 Å². The Bertz CT molecular complexity index is 978. The van der Waals surface area contributed by atoms with Crippen LogP contribution in [0.3, 0.4) is 0 Å². The van der Waals surface area contributed by atoms with E-state index in [9.17, 15) is 12.8 Å². The molecule has 3 rings (SSSR count). The number of nitrogens with one attached hydrogen (secondary N) is 1. The molecule has 1 aromatic carbocycles. The Morgan fingerprint density at radius 2 is 1.92 bits per heavy atom. The number of nitrogens with zero attached hydrogens (tertiary/aromatic N) is 1. The summed E-state index contributed by atoms with van der Waals surface area (Å²) >= 11 is 0. The van der Waals surface area contributed by atoms with Crippen LogP contribution in [0.1, 0.15) is 24.6 Å². The molecule has 132 valence electrons. The molecular formula is C19H21FN2O2S. The van der Waals surface area contributed by atoms with Crippen LogP contribution in [-0.2, 0) is 22.7 Å². The van der Waals surface area contributed by atoms with E-state index in [0.29, 0.717) is 16.5 Å². The van der Waals surface area contributed by atoms with Crippen LogP contribution in [0.2, 0.25) is 0 Å². The molecule has 2 heterocycles. The first-order valence-corrected chi connectivity index (χ1v) is 10.1. The van der Waals surface area contributed by atoms with Gasteiger partial charge in [-0.25, -0.2) is 17.8 Å². The third kappa shape index (κ3) is 4.45. The number of fused-ring (bicyclic) bond motifs is 1. The number of aromatic nitrogens is 2. The zero-order chi connectivity index (χ0) is 18.0. The second-order valence-electron chi connectivity index (χ2n) is 6.65. The van der Waals surface area contributed by atoms with Gasteiger partial charge in [0, 0.05) is 17.3 Å². The van der Waals surface area contributed by atoms with Crippen LogP contribution in [0, 0.1) is 11.7 Å². The maximum atomic E-state index is 13.2. The Hall–Kier alpha value is -2.21. The number of rotatable bonds is 6. The van der Waals surface area contributed by atoms with Gasteiger partial charge < -0.3 is 4.98 Å². The van der Waals surface area contributed by atoms with Gasteiger partial charge in [-0.2, -0.15) is 0 Å². The van der Waals surface area contributed by atoms with Crippen molar-refractivity contribution in [3.8, 4) is 0 Å². The Morgan fingerprint density at radius 1 is 1.20 bits per heavy atom. The monoisotopic (exact) mass is 360 g/mol. The average molecular weight is 360 g/mol. The molecule has 0 amide bonds. The van der Waals surface area contributed by atoms with Gasteiger partial charge in [0.05, 0.1) is 11.1 Å². The van der Waals surface area contributed by atoms with E-state index in [0.717, 1.165) is 35.9 Å². The molecule has 0 saturated heterocycles. The van der Waals surface area contributed by atoms with Gasteiger partial charge in [-0.1, -0.05) is 19.1 Å². The highest BCUT2D eigenvalue weighted by atomic mass is 32.2. The van der Waals surface area contributed by atoms with Crippen LogP contribution in [0.5, 0.6) is 0 Å². The summed E-state index contributed by atoms with van der Waals surface area (Å²) in [7, 11) is -3.15. The molecular weight excluding hydrogens is 339 g/mol. The first-order valence-electron chi connectivity index (χ1n) is 8.23. The fraction of sp³-hybridized carbons (Fsp3) is 0.316. The van der Waals surface area contributed by atoms with E-state index in [4.69, 9.17) is 0 Å². The third-order valence-electron chi connectivity index (χ3n) is 4.33. The van der Waals surface area contributed by atoms with E-state index < -0.39 is 9.84 Å². The Balaban J connectivity index is 1.59. The minimum absolute atomic E-state index is 0.330. The molecule has 3 aromatic rings. The summed E-state index contributed by atoms with van der Waals surface area (Å²) in [4.78, 5) is 7.62. The van der Waals surface area contributed by atoms with Gasteiger partial charge in [-0.3, -0.25) is 0 Å². The van der Waals surface area contributed by atoms with E-state index in [1.54, 1.807) is 12.1 Å². The number of aromatic amines is 1. The van der Waals surface area contributed by atoms with Crippen LogP contribution >= 0.6 is 0 Å². The maximum absolute atomic E-state index is 13.2. The summed E-state index contributed by atoms with van der Waals surface area (Å²) < 4.78 is 36.2. The lowest BCUT2D eigenvalue weighted by atomic mass is 9.96. The molecule has 0 bridgehead atoms. The summed E-state index contributed by atoms with van der Waals surface area (Å²) in [5, 5.41) is 0.791. The summed E-state index contributed by atoms with van der Waals surface area (Å²) in [6.45, 7) is 2.17. The van der Waals surface area contributed by atoms with Crippen molar-refractivity contribution < 1.29 is 12.8 Å². The third-order valence-corrected chi connectivity index (χ3v) is 5.46. The molecule has 0 aliphatic heterocycles. The number of aryl methyl sites for hydroxylation is 1. The van der Waals surface area contributed by atoms with Gasteiger partial charge in [0.1, 0.15) is 11.5 Å². The number of hydrogen-bond donors (Lipinski definition) is 1. The smallest absolute Gasteiger partial charge is 0.175 e. The fourth-order valence-electron chi connectivity index (χ4n) is 2.96. The molecule has 1 N–H and O–H groups in total. The maximum Gasteiger partial charge on any atom is 0.175 e. The second-order valence-corrected chi connectivity index (χ2v) is 8.67. The molecule has 0 saturated carbocycles. The molecule has 0 spiro atoms. The molecule has 25 heavy (non-hydrogen) atoms. The predicted octanol–water partition coefficient (Wildman–Crippen LogP) is 3.92. The van der Waals surface area contributed by atoms with Crippen molar-refractivity contribution in [3.05, 3.63) is 59.7 Å². The van der Waals surface area contributed by atoms with Crippen LogP contribution < -0.4 is 0 Å². The lowest BCUT2D eigenvalue weighted by Crippen LogP contribution is -2.03. The van der Waals surface area contributed by atoms with Crippen LogP contribution in [0.25, 0.3) is 11.0 Å². The van der Waals surface area contributed by atoms with Gasteiger partial charge in [-0.15, -0.1) is 0 Å². The quantitative estimate of drug-likeness (QED) is 0.725. The molecule has 1 unspecified atom stereocenters. The summed E-state index contributed by atoms with van der Waals surface area (Å²) in [6.07, 6.45) is 5.15. The topological polar surface area (TPSA) is 62.8 Å². The molecule has 6 heteroatoms. The molecule has 0 radical (unpaired) electrons. The highest BCUT2D eigenvalue weighted by Gasteiger charge is 2.10. The highest BCUT2D eigenvalue weighted by molar-refractivity contribution is 7.90. The number of H-pyrrole nitrogens is 1. The molecule has 0 aliphatic rings. The number of pyridine rings is 1. The van der Waals surface area contributed by atoms with E-state index in [2.05, 4.69) is 16.9 Å². The Morgan fingerprint density at radius 3 is 2.60 bits per heavy atom. The van der Waals surface area contributed by atoms with Gasteiger partial charge in [0.15, 0.2) is 9.84 Å². The molecule has 2 aromatic heterocycles. The Labute approximate surface area is 147 Å². The normalized spacial score (nSPS) is 13.2. The summed E-state index contributed by atoms with van der Waals surface area (Å²) in [5.41, 5.74) is 2.88. The predicted molar refractivity (Wildman–Crippen MR) is 96.8 cm³/mol. The standard InChI is InChI=1S/C19H21FN2O2S/c1-13(9-14-4-7-18(8-5-14)25(2,23)24)3-6-17-11-15-10-16(20)12-21-19(15)22-17/h4-5,7-8,10-13H,3,6,9H2,1-2H3,(H,21,22). The fourth-order valence-corrected chi connectivity index (χ4v) is 3.59. The SMILES string of the molecule is CC(CCc1cc2cc(F)cnc2[nH]1)Cc1ccc(S(C)(=O)=O)cc1. The summed E-state index contributed by atoms with van der Waals surface area (Å²) in [5.74, 6) is 0.115. The first kappa shape index (κ1) is 17.6. The second kappa shape index (κ2) is 6.96. The number of benzene rings is 1. The lowest BCUT2D eigenvalue weighted by molar-refractivity contribution is 0.527. The molecule has 1 atom stereocenters.